The van der Waals surface area contributed by atoms with Gasteiger partial charge in [-0.25, -0.2) is 0 Å². The van der Waals surface area contributed by atoms with Gasteiger partial charge in [-0.15, -0.1) is 21.8 Å². The van der Waals surface area contributed by atoms with Gasteiger partial charge in [0.15, 0.2) is 11.6 Å². The van der Waals surface area contributed by atoms with Crippen LogP contribution in [0.1, 0.15) is 27.6 Å². The highest BCUT2D eigenvalue weighted by Crippen LogP contribution is 2.27. The first-order valence-corrected chi connectivity index (χ1v) is 8.79. The molecule has 0 aliphatic rings. The summed E-state index contributed by atoms with van der Waals surface area (Å²) in [6.07, 6.45) is 0. The van der Waals surface area contributed by atoms with E-state index in [0.29, 0.717) is 33.5 Å². The maximum absolute atomic E-state index is 13.1. The number of hydrogen-bond acceptors (Lipinski definition) is 3. The molecule has 0 aliphatic heterocycles. The van der Waals surface area contributed by atoms with E-state index in [2.05, 4.69) is 26.1 Å². The van der Waals surface area contributed by atoms with Gasteiger partial charge in [0.05, 0.1) is 16.6 Å². The summed E-state index contributed by atoms with van der Waals surface area (Å²) in [5, 5.41) is 8.52. The lowest BCUT2D eigenvalue weighted by molar-refractivity contribution is 0.103. The smallest absolute Gasteiger partial charge is 0.196 e. The third-order valence-corrected chi connectivity index (χ3v) is 4.64. The Kier molecular flexibility index (Phi) is 5.04. The second kappa shape index (κ2) is 7.05. The molecule has 0 aliphatic carbocycles. The van der Waals surface area contributed by atoms with E-state index in [9.17, 15) is 4.79 Å². The predicted octanol–water partition coefficient (Wildman–Crippen LogP) is 4.96. The van der Waals surface area contributed by atoms with Crippen molar-refractivity contribution in [1.29, 1.82) is 0 Å². The standard InChI is InChI=1S/C17H12BrCl2N3O/c1-10-21-22-16(9-19)23(10)15-7-6-11(18)8-13(15)17(24)12-4-2-3-5-14(12)20/h2-8H,9H2,1H3. The van der Waals surface area contributed by atoms with Crippen LogP contribution < -0.4 is 0 Å². The van der Waals surface area contributed by atoms with E-state index in [1.165, 1.54) is 0 Å². The zero-order valence-corrected chi connectivity index (χ0v) is 15.7. The molecule has 3 rings (SSSR count). The van der Waals surface area contributed by atoms with Crippen LogP contribution in [0.2, 0.25) is 5.02 Å². The molecule has 0 spiro atoms. The minimum Gasteiger partial charge on any atom is -0.288 e. The summed E-state index contributed by atoms with van der Waals surface area (Å²) < 4.78 is 2.57. The maximum atomic E-state index is 13.1. The number of aromatic nitrogens is 3. The van der Waals surface area contributed by atoms with Crippen LogP contribution in [0.3, 0.4) is 0 Å². The fourth-order valence-electron chi connectivity index (χ4n) is 2.48. The summed E-state index contributed by atoms with van der Waals surface area (Å²) in [6, 6.07) is 12.4. The molecular formula is C17H12BrCl2N3O. The van der Waals surface area contributed by atoms with Crippen LogP contribution in [0.4, 0.5) is 0 Å². The number of alkyl halides is 1. The van der Waals surface area contributed by atoms with Gasteiger partial charge in [-0.2, -0.15) is 0 Å². The number of halogens is 3. The molecule has 4 nitrogen and oxygen atoms in total. The van der Waals surface area contributed by atoms with Crippen LogP contribution in [0.5, 0.6) is 0 Å². The lowest BCUT2D eigenvalue weighted by Gasteiger charge is -2.13. The van der Waals surface area contributed by atoms with Gasteiger partial charge in [0.25, 0.3) is 0 Å². The second-order valence-corrected chi connectivity index (χ2v) is 6.69. The molecule has 1 heterocycles. The second-order valence-electron chi connectivity index (χ2n) is 5.10. The van der Waals surface area contributed by atoms with Gasteiger partial charge in [0, 0.05) is 15.6 Å². The fourth-order valence-corrected chi connectivity index (χ4v) is 3.24. The Balaban J connectivity index is 2.22. The topological polar surface area (TPSA) is 47.8 Å². The zero-order chi connectivity index (χ0) is 17.3. The molecule has 0 unspecified atom stereocenters. The van der Waals surface area contributed by atoms with Crippen molar-refractivity contribution < 1.29 is 4.79 Å². The van der Waals surface area contributed by atoms with Crippen molar-refractivity contribution in [3.63, 3.8) is 0 Å². The van der Waals surface area contributed by atoms with Crippen molar-refractivity contribution in [2.24, 2.45) is 0 Å². The van der Waals surface area contributed by atoms with E-state index in [1.54, 1.807) is 34.9 Å². The largest absolute Gasteiger partial charge is 0.288 e. The lowest BCUT2D eigenvalue weighted by atomic mass is 10.0. The summed E-state index contributed by atoms with van der Waals surface area (Å²) in [5.41, 5.74) is 1.60. The Labute approximate surface area is 157 Å². The van der Waals surface area contributed by atoms with Crippen LogP contribution in [0.15, 0.2) is 46.9 Å². The molecule has 3 aromatic rings. The Morgan fingerprint density at radius 3 is 2.62 bits per heavy atom. The van der Waals surface area contributed by atoms with Crippen molar-refractivity contribution in [1.82, 2.24) is 14.8 Å². The SMILES string of the molecule is Cc1nnc(CCl)n1-c1ccc(Br)cc1C(=O)c1ccccc1Cl. The number of nitrogens with zero attached hydrogens (tertiary/aromatic N) is 3. The van der Waals surface area contributed by atoms with E-state index >= 15 is 0 Å². The molecule has 24 heavy (non-hydrogen) atoms. The Bertz CT molecular complexity index is 924. The highest BCUT2D eigenvalue weighted by atomic mass is 79.9. The molecule has 0 N–H and O–H groups in total. The third-order valence-electron chi connectivity index (χ3n) is 3.57. The number of aryl methyl sites for hydroxylation is 1. The Morgan fingerprint density at radius 1 is 1.17 bits per heavy atom. The minimum atomic E-state index is -0.175. The normalized spacial score (nSPS) is 10.8. The van der Waals surface area contributed by atoms with Gasteiger partial charge in [0.1, 0.15) is 5.82 Å². The van der Waals surface area contributed by atoms with Gasteiger partial charge < -0.3 is 0 Å². The molecule has 0 fully saturated rings. The number of ketones is 1. The predicted molar refractivity (Wildman–Crippen MR) is 98.2 cm³/mol. The van der Waals surface area contributed by atoms with Gasteiger partial charge in [0.2, 0.25) is 0 Å². The highest BCUT2D eigenvalue weighted by molar-refractivity contribution is 9.10. The number of hydrogen-bond donors (Lipinski definition) is 0. The summed E-state index contributed by atoms with van der Waals surface area (Å²) in [5.74, 6) is 1.24. The molecule has 0 radical (unpaired) electrons. The molecule has 0 amide bonds. The van der Waals surface area contributed by atoms with Crippen molar-refractivity contribution >= 4 is 44.9 Å². The summed E-state index contributed by atoms with van der Waals surface area (Å²) in [7, 11) is 0. The molecule has 0 atom stereocenters. The van der Waals surface area contributed by atoms with Gasteiger partial charge in [-0.05, 0) is 37.3 Å². The van der Waals surface area contributed by atoms with Gasteiger partial charge in [-0.3, -0.25) is 9.36 Å². The number of benzene rings is 2. The minimum absolute atomic E-state index is 0.175. The summed E-state index contributed by atoms with van der Waals surface area (Å²) in [4.78, 5) is 13.1. The zero-order valence-electron chi connectivity index (χ0n) is 12.6. The molecule has 1 aromatic heterocycles. The van der Waals surface area contributed by atoms with Gasteiger partial charge in [-0.1, -0.05) is 39.7 Å². The van der Waals surface area contributed by atoms with Crippen LogP contribution in [-0.2, 0) is 5.88 Å². The average molecular weight is 425 g/mol. The van der Waals surface area contributed by atoms with E-state index in [1.807, 2.05) is 19.1 Å². The summed E-state index contributed by atoms with van der Waals surface area (Å²) in [6.45, 7) is 1.81. The molecule has 122 valence electrons. The van der Waals surface area contributed by atoms with Crippen LogP contribution in [0.25, 0.3) is 5.69 Å². The summed E-state index contributed by atoms with van der Waals surface area (Å²) >= 11 is 15.6. The van der Waals surface area contributed by atoms with Crippen molar-refractivity contribution in [2.75, 3.05) is 0 Å². The Hall–Kier alpha value is -1.69. The van der Waals surface area contributed by atoms with Crippen molar-refractivity contribution in [3.8, 4) is 5.69 Å². The fraction of sp³-hybridized carbons (Fsp3) is 0.118. The number of rotatable bonds is 4. The molecule has 7 heteroatoms. The van der Waals surface area contributed by atoms with E-state index in [4.69, 9.17) is 23.2 Å². The first-order valence-electron chi connectivity index (χ1n) is 7.09. The molecule has 2 aromatic carbocycles. The molecular weight excluding hydrogens is 413 g/mol. The van der Waals surface area contributed by atoms with Gasteiger partial charge >= 0.3 is 0 Å². The maximum Gasteiger partial charge on any atom is 0.196 e. The Morgan fingerprint density at radius 2 is 1.92 bits per heavy atom. The first kappa shape index (κ1) is 17.1. The number of carbonyl (C=O) groups is 1. The lowest BCUT2D eigenvalue weighted by Crippen LogP contribution is -2.11. The molecule has 0 saturated heterocycles. The highest BCUT2D eigenvalue weighted by Gasteiger charge is 2.20. The quantitative estimate of drug-likeness (QED) is 0.439. The van der Waals surface area contributed by atoms with E-state index in [-0.39, 0.29) is 11.7 Å². The van der Waals surface area contributed by atoms with Crippen LogP contribution in [-0.4, -0.2) is 20.5 Å². The van der Waals surface area contributed by atoms with Crippen molar-refractivity contribution in [2.45, 2.75) is 12.8 Å². The van der Waals surface area contributed by atoms with E-state index in [0.717, 1.165) is 4.47 Å². The van der Waals surface area contributed by atoms with Crippen LogP contribution in [0, 0.1) is 6.92 Å². The molecule has 0 saturated carbocycles. The first-order chi connectivity index (χ1) is 11.5. The monoisotopic (exact) mass is 423 g/mol. The van der Waals surface area contributed by atoms with Crippen molar-refractivity contribution in [3.05, 3.63) is 74.7 Å². The number of carbonyl (C=O) groups excluding carboxylic acids is 1. The average Bonchev–Trinajstić information content (AvgIpc) is 2.95. The molecule has 0 bridgehead atoms. The third kappa shape index (κ3) is 3.11. The van der Waals surface area contributed by atoms with E-state index < -0.39 is 0 Å². The van der Waals surface area contributed by atoms with Crippen LogP contribution >= 0.6 is 39.1 Å².